The summed E-state index contributed by atoms with van der Waals surface area (Å²) in [6.45, 7) is 8.27. The van der Waals surface area contributed by atoms with Crippen LogP contribution in [0.1, 0.15) is 27.8 Å². The van der Waals surface area contributed by atoms with E-state index in [2.05, 4.69) is 38.1 Å². The fourth-order valence-corrected chi connectivity index (χ4v) is 3.03. The highest BCUT2D eigenvalue weighted by molar-refractivity contribution is 7.98. The Morgan fingerprint density at radius 3 is 2.26 bits per heavy atom. The molecule has 0 aliphatic heterocycles. The van der Waals surface area contributed by atoms with Crippen molar-refractivity contribution < 1.29 is 5.11 Å². The van der Waals surface area contributed by atoms with Gasteiger partial charge in [-0.1, -0.05) is 18.2 Å². The Labute approximate surface area is 119 Å². The van der Waals surface area contributed by atoms with Crippen LogP contribution in [0, 0.1) is 27.7 Å². The van der Waals surface area contributed by atoms with E-state index in [1.807, 2.05) is 31.7 Å². The first-order valence-electron chi connectivity index (χ1n) is 6.46. The Morgan fingerprint density at radius 1 is 0.842 bits per heavy atom. The molecule has 0 atom stereocenters. The van der Waals surface area contributed by atoms with Gasteiger partial charge in [-0.3, -0.25) is 0 Å². The zero-order valence-corrected chi connectivity index (χ0v) is 12.8. The summed E-state index contributed by atoms with van der Waals surface area (Å²) in [5.74, 6) is 1.35. The van der Waals surface area contributed by atoms with Crippen molar-refractivity contribution in [2.45, 2.75) is 38.3 Å². The molecule has 100 valence electrons. The van der Waals surface area contributed by atoms with Gasteiger partial charge in [-0.15, -0.1) is 11.8 Å². The molecule has 0 aromatic heterocycles. The van der Waals surface area contributed by atoms with Gasteiger partial charge in [0.15, 0.2) is 0 Å². The van der Waals surface area contributed by atoms with Gasteiger partial charge < -0.3 is 5.11 Å². The molecular weight excluding hydrogens is 252 g/mol. The standard InChI is InChI=1S/C17H20OS/c1-11-5-6-15(7-12(11)2)10-19-17-9-13(3)16(18)8-14(17)4/h5-9,18H,10H2,1-4H3. The lowest BCUT2D eigenvalue weighted by molar-refractivity contribution is 0.470. The second-order valence-corrected chi connectivity index (χ2v) is 6.13. The smallest absolute Gasteiger partial charge is 0.118 e. The van der Waals surface area contributed by atoms with Gasteiger partial charge in [0, 0.05) is 10.6 Å². The van der Waals surface area contributed by atoms with E-state index in [4.69, 9.17) is 0 Å². The second kappa shape index (κ2) is 5.70. The van der Waals surface area contributed by atoms with Crippen molar-refractivity contribution in [3.63, 3.8) is 0 Å². The largest absolute Gasteiger partial charge is 0.508 e. The number of phenols is 1. The van der Waals surface area contributed by atoms with E-state index in [1.165, 1.54) is 21.6 Å². The summed E-state index contributed by atoms with van der Waals surface area (Å²) in [4.78, 5) is 1.24. The predicted octanol–water partition coefficient (Wildman–Crippen LogP) is 4.92. The summed E-state index contributed by atoms with van der Waals surface area (Å²) in [5, 5.41) is 9.67. The van der Waals surface area contributed by atoms with Crippen LogP contribution in [0.3, 0.4) is 0 Å². The molecule has 0 saturated carbocycles. The summed E-state index contributed by atoms with van der Waals surface area (Å²) in [6, 6.07) is 10.5. The van der Waals surface area contributed by atoms with Crippen LogP contribution < -0.4 is 0 Å². The third-order valence-corrected chi connectivity index (χ3v) is 4.69. The predicted molar refractivity (Wildman–Crippen MR) is 83.1 cm³/mol. The fourth-order valence-electron chi connectivity index (χ4n) is 1.98. The zero-order chi connectivity index (χ0) is 14.0. The molecule has 0 saturated heterocycles. The Balaban J connectivity index is 2.14. The average Bonchev–Trinajstić information content (AvgIpc) is 2.36. The van der Waals surface area contributed by atoms with Gasteiger partial charge in [0.25, 0.3) is 0 Å². The van der Waals surface area contributed by atoms with Crippen molar-refractivity contribution in [2.24, 2.45) is 0 Å². The third kappa shape index (κ3) is 3.32. The SMILES string of the molecule is Cc1ccc(CSc2cc(C)c(O)cc2C)cc1C. The van der Waals surface area contributed by atoms with Crippen molar-refractivity contribution >= 4 is 11.8 Å². The van der Waals surface area contributed by atoms with E-state index < -0.39 is 0 Å². The highest BCUT2D eigenvalue weighted by Gasteiger charge is 2.05. The van der Waals surface area contributed by atoms with E-state index in [9.17, 15) is 5.11 Å². The van der Waals surface area contributed by atoms with Crippen molar-refractivity contribution in [1.82, 2.24) is 0 Å². The summed E-state index contributed by atoms with van der Waals surface area (Å²) < 4.78 is 0. The van der Waals surface area contributed by atoms with Gasteiger partial charge in [-0.2, -0.15) is 0 Å². The van der Waals surface area contributed by atoms with Gasteiger partial charge >= 0.3 is 0 Å². The van der Waals surface area contributed by atoms with E-state index in [1.54, 1.807) is 0 Å². The van der Waals surface area contributed by atoms with Crippen molar-refractivity contribution in [3.05, 3.63) is 58.1 Å². The number of thioether (sulfide) groups is 1. The third-order valence-electron chi connectivity index (χ3n) is 3.46. The Kier molecular flexibility index (Phi) is 4.20. The van der Waals surface area contributed by atoms with E-state index in [-0.39, 0.29) is 0 Å². The van der Waals surface area contributed by atoms with E-state index in [0.717, 1.165) is 16.9 Å². The van der Waals surface area contributed by atoms with Crippen LogP contribution >= 0.6 is 11.8 Å². The minimum absolute atomic E-state index is 0.382. The quantitative estimate of drug-likeness (QED) is 0.800. The zero-order valence-electron chi connectivity index (χ0n) is 11.9. The number of hydrogen-bond donors (Lipinski definition) is 1. The maximum atomic E-state index is 9.67. The summed E-state index contributed by atoms with van der Waals surface area (Å²) in [7, 11) is 0. The minimum Gasteiger partial charge on any atom is -0.508 e. The fraction of sp³-hybridized carbons (Fsp3) is 0.294. The maximum absolute atomic E-state index is 9.67. The van der Waals surface area contributed by atoms with E-state index >= 15 is 0 Å². The van der Waals surface area contributed by atoms with Crippen LogP contribution in [0.25, 0.3) is 0 Å². The Hall–Kier alpha value is -1.41. The van der Waals surface area contributed by atoms with Gasteiger partial charge in [-0.25, -0.2) is 0 Å². The molecule has 0 bridgehead atoms. The van der Waals surface area contributed by atoms with Crippen LogP contribution in [0.15, 0.2) is 35.2 Å². The van der Waals surface area contributed by atoms with Crippen molar-refractivity contribution in [3.8, 4) is 5.75 Å². The molecule has 0 spiro atoms. The van der Waals surface area contributed by atoms with Crippen LogP contribution in [0.4, 0.5) is 0 Å². The molecule has 0 aliphatic rings. The summed E-state index contributed by atoms with van der Waals surface area (Å²) >= 11 is 1.83. The average molecular weight is 272 g/mol. The number of aromatic hydroxyl groups is 1. The number of rotatable bonds is 3. The molecule has 2 rings (SSSR count). The summed E-state index contributed by atoms with van der Waals surface area (Å²) in [5.41, 5.74) is 6.10. The van der Waals surface area contributed by atoms with Crippen molar-refractivity contribution in [2.75, 3.05) is 0 Å². The maximum Gasteiger partial charge on any atom is 0.118 e. The molecule has 0 amide bonds. The molecule has 1 nitrogen and oxygen atoms in total. The highest BCUT2D eigenvalue weighted by atomic mass is 32.2. The molecule has 1 N–H and O–H groups in total. The number of hydrogen-bond acceptors (Lipinski definition) is 2. The van der Waals surface area contributed by atoms with Crippen LogP contribution in [-0.2, 0) is 5.75 Å². The van der Waals surface area contributed by atoms with Crippen LogP contribution in [-0.4, -0.2) is 5.11 Å². The number of benzene rings is 2. The molecule has 19 heavy (non-hydrogen) atoms. The Morgan fingerprint density at radius 2 is 1.58 bits per heavy atom. The van der Waals surface area contributed by atoms with E-state index in [0.29, 0.717) is 5.75 Å². The Bertz CT molecular complexity index is 602. The molecule has 2 aromatic carbocycles. The van der Waals surface area contributed by atoms with Gasteiger partial charge in [0.1, 0.15) is 5.75 Å². The molecule has 0 radical (unpaired) electrons. The van der Waals surface area contributed by atoms with Gasteiger partial charge in [0.2, 0.25) is 0 Å². The van der Waals surface area contributed by atoms with Gasteiger partial charge in [0.05, 0.1) is 0 Å². The first kappa shape index (κ1) is 14.0. The lowest BCUT2D eigenvalue weighted by Gasteiger charge is -2.09. The molecule has 0 aliphatic carbocycles. The first-order valence-corrected chi connectivity index (χ1v) is 7.45. The molecule has 0 unspecified atom stereocenters. The monoisotopic (exact) mass is 272 g/mol. The van der Waals surface area contributed by atoms with Gasteiger partial charge in [-0.05, 0) is 67.6 Å². The van der Waals surface area contributed by atoms with Crippen LogP contribution in [0.5, 0.6) is 5.75 Å². The molecule has 2 aromatic rings. The van der Waals surface area contributed by atoms with Crippen LogP contribution in [0.2, 0.25) is 0 Å². The molecular formula is C17H20OS. The first-order chi connectivity index (χ1) is 8.97. The lowest BCUT2D eigenvalue weighted by atomic mass is 10.1. The highest BCUT2D eigenvalue weighted by Crippen LogP contribution is 2.31. The molecule has 2 heteroatoms. The second-order valence-electron chi connectivity index (χ2n) is 5.11. The minimum atomic E-state index is 0.382. The topological polar surface area (TPSA) is 20.2 Å². The molecule has 0 heterocycles. The van der Waals surface area contributed by atoms with Crippen molar-refractivity contribution in [1.29, 1.82) is 0 Å². The normalized spacial score (nSPS) is 10.7. The number of aryl methyl sites for hydroxylation is 4. The number of phenolic OH excluding ortho intramolecular Hbond substituents is 1. The molecule has 0 fully saturated rings. The lowest BCUT2D eigenvalue weighted by Crippen LogP contribution is -1.88. The summed E-state index contributed by atoms with van der Waals surface area (Å²) in [6.07, 6.45) is 0.